The summed E-state index contributed by atoms with van der Waals surface area (Å²) in [5, 5.41) is 0. The number of likely N-dealkylation sites (tertiary alicyclic amines) is 1. The Balaban J connectivity index is 1.39. The summed E-state index contributed by atoms with van der Waals surface area (Å²) < 4.78 is 12.0. The van der Waals surface area contributed by atoms with Crippen LogP contribution in [0.15, 0.2) is 108 Å². The Bertz CT molecular complexity index is 1200. The lowest BCUT2D eigenvalue weighted by Gasteiger charge is -2.44. The average Bonchev–Trinajstić information content (AvgIpc) is 3.27. The Hall–Kier alpha value is -4.19. The fourth-order valence-corrected chi connectivity index (χ4v) is 4.30. The van der Waals surface area contributed by atoms with Crippen molar-refractivity contribution in [1.29, 1.82) is 0 Å². The molecule has 3 aromatic rings. The van der Waals surface area contributed by atoms with E-state index in [0.717, 1.165) is 16.7 Å². The van der Waals surface area contributed by atoms with Crippen molar-refractivity contribution in [2.45, 2.75) is 31.3 Å². The van der Waals surface area contributed by atoms with Gasteiger partial charge in [-0.15, -0.1) is 0 Å². The first kappa shape index (κ1) is 21.6. The maximum Gasteiger partial charge on any atom is 0.334 e. The van der Waals surface area contributed by atoms with Crippen molar-refractivity contribution in [3.63, 3.8) is 0 Å². The van der Waals surface area contributed by atoms with E-state index >= 15 is 0 Å². The van der Waals surface area contributed by atoms with E-state index in [1.807, 2.05) is 91.0 Å². The smallest absolute Gasteiger partial charge is 0.334 e. The van der Waals surface area contributed by atoms with Gasteiger partial charge in [0.2, 0.25) is 12.1 Å². The molecule has 0 spiro atoms. The molecule has 1 amide bonds. The topological polar surface area (TPSA) is 68.2 Å². The second-order valence-corrected chi connectivity index (χ2v) is 8.39. The Morgan fingerprint density at radius 2 is 1.47 bits per heavy atom. The van der Waals surface area contributed by atoms with Crippen LogP contribution in [0.5, 0.6) is 0 Å². The molecule has 6 heteroatoms. The summed E-state index contributed by atoms with van der Waals surface area (Å²) in [6.45, 7) is 5.68. The molecule has 1 fully saturated rings. The summed E-state index contributed by atoms with van der Waals surface area (Å²) in [6, 6.07) is 26.8. The minimum atomic E-state index is -0.978. The maximum atomic E-state index is 13.5. The summed E-state index contributed by atoms with van der Waals surface area (Å²) in [4.78, 5) is 32.3. The fourth-order valence-electron chi connectivity index (χ4n) is 4.30. The number of fused-ring (bicyclic) bond motifs is 1. The van der Waals surface area contributed by atoms with Crippen LogP contribution in [0.1, 0.15) is 29.7 Å². The van der Waals surface area contributed by atoms with Crippen molar-refractivity contribution in [1.82, 2.24) is 4.90 Å². The summed E-state index contributed by atoms with van der Waals surface area (Å²) in [5.41, 5.74) is 2.95. The van der Waals surface area contributed by atoms with Gasteiger partial charge in [0.1, 0.15) is 0 Å². The van der Waals surface area contributed by atoms with E-state index < -0.39 is 30.4 Å². The molecule has 0 saturated carbocycles. The predicted molar refractivity (Wildman–Crippen MR) is 128 cm³/mol. The van der Waals surface area contributed by atoms with Crippen molar-refractivity contribution in [3.8, 4) is 0 Å². The number of ether oxygens (including phenoxy) is 2. The van der Waals surface area contributed by atoms with Crippen molar-refractivity contribution in [2.75, 3.05) is 0 Å². The maximum absolute atomic E-state index is 13.5. The average molecular weight is 453 g/mol. The van der Waals surface area contributed by atoms with E-state index in [2.05, 4.69) is 11.6 Å². The molecule has 0 unspecified atom stereocenters. The SMILES string of the molecule is C=C(C)[C@H](C(=O)OC(c1ccccc1)c1ccccc1)N1C(=O)[C@@H]2N=C(c3ccccc3)O[C@@H]21. The summed E-state index contributed by atoms with van der Waals surface area (Å²) >= 11 is 0. The zero-order valence-corrected chi connectivity index (χ0v) is 18.7. The Kier molecular flexibility index (Phi) is 5.72. The lowest BCUT2D eigenvalue weighted by Crippen LogP contribution is -2.68. The molecular formula is C28H24N2O4. The molecule has 5 rings (SSSR count). The summed E-state index contributed by atoms with van der Waals surface area (Å²) in [7, 11) is 0. The van der Waals surface area contributed by atoms with Gasteiger partial charge >= 0.3 is 5.97 Å². The van der Waals surface area contributed by atoms with E-state index in [9.17, 15) is 9.59 Å². The van der Waals surface area contributed by atoms with Crippen molar-refractivity contribution in [2.24, 2.45) is 4.99 Å². The highest BCUT2D eigenvalue weighted by molar-refractivity contribution is 6.03. The van der Waals surface area contributed by atoms with Crippen LogP contribution in [0.4, 0.5) is 0 Å². The first-order valence-electron chi connectivity index (χ1n) is 11.1. The largest absolute Gasteiger partial charge is 0.451 e. The molecular weight excluding hydrogens is 428 g/mol. The zero-order valence-electron chi connectivity index (χ0n) is 18.7. The number of benzene rings is 3. The third-order valence-corrected chi connectivity index (χ3v) is 5.97. The molecule has 3 atom stereocenters. The molecule has 2 heterocycles. The van der Waals surface area contributed by atoms with Gasteiger partial charge in [-0.2, -0.15) is 0 Å². The predicted octanol–water partition coefficient (Wildman–Crippen LogP) is 4.28. The van der Waals surface area contributed by atoms with Crippen LogP contribution in [-0.2, 0) is 19.1 Å². The normalized spacial score (nSPS) is 19.5. The van der Waals surface area contributed by atoms with Gasteiger partial charge in [0, 0.05) is 5.56 Å². The van der Waals surface area contributed by atoms with Gasteiger partial charge in [0.15, 0.2) is 18.2 Å². The van der Waals surface area contributed by atoms with Crippen LogP contribution in [0.2, 0.25) is 0 Å². The van der Waals surface area contributed by atoms with E-state index in [1.54, 1.807) is 6.92 Å². The van der Waals surface area contributed by atoms with Gasteiger partial charge in [-0.1, -0.05) is 85.4 Å². The van der Waals surface area contributed by atoms with Crippen LogP contribution in [0.3, 0.4) is 0 Å². The molecule has 3 aromatic carbocycles. The number of aliphatic imine (C=N–C) groups is 1. The van der Waals surface area contributed by atoms with Crippen molar-refractivity contribution in [3.05, 3.63) is 120 Å². The number of carbonyl (C=O) groups excluding carboxylic acids is 2. The third kappa shape index (κ3) is 3.88. The molecule has 2 aliphatic heterocycles. The summed E-state index contributed by atoms with van der Waals surface area (Å²) in [5.74, 6) is -0.447. The molecule has 34 heavy (non-hydrogen) atoms. The monoisotopic (exact) mass is 452 g/mol. The van der Waals surface area contributed by atoms with E-state index in [1.165, 1.54) is 4.90 Å². The van der Waals surface area contributed by atoms with Gasteiger partial charge in [-0.25, -0.2) is 9.79 Å². The molecule has 1 saturated heterocycles. The number of hydrogen-bond donors (Lipinski definition) is 0. The van der Waals surface area contributed by atoms with Gasteiger partial charge < -0.3 is 9.47 Å². The minimum Gasteiger partial charge on any atom is -0.451 e. The van der Waals surface area contributed by atoms with Crippen molar-refractivity contribution >= 4 is 17.8 Å². The van der Waals surface area contributed by atoms with E-state index in [0.29, 0.717) is 11.5 Å². The lowest BCUT2D eigenvalue weighted by atomic mass is 9.97. The molecule has 0 bridgehead atoms. The molecule has 0 aromatic heterocycles. The number of rotatable bonds is 7. The van der Waals surface area contributed by atoms with E-state index in [4.69, 9.17) is 9.47 Å². The number of hydrogen-bond acceptors (Lipinski definition) is 5. The van der Waals surface area contributed by atoms with Gasteiger partial charge in [-0.05, 0) is 35.8 Å². The van der Waals surface area contributed by atoms with Crippen molar-refractivity contribution < 1.29 is 19.1 Å². The van der Waals surface area contributed by atoms with Gasteiger partial charge in [0.05, 0.1) is 0 Å². The molecule has 2 aliphatic rings. The lowest BCUT2D eigenvalue weighted by molar-refractivity contribution is -0.178. The first-order chi connectivity index (χ1) is 16.5. The Morgan fingerprint density at radius 3 is 2.00 bits per heavy atom. The molecule has 0 N–H and O–H groups in total. The molecule has 6 nitrogen and oxygen atoms in total. The Morgan fingerprint density at radius 1 is 0.941 bits per heavy atom. The third-order valence-electron chi connectivity index (χ3n) is 5.97. The summed E-state index contributed by atoms with van der Waals surface area (Å²) in [6.07, 6.45) is -1.28. The second kappa shape index (κ2) is 8.98. The highest BCUT2D eigenvalue weighted by atomic mass is 16.6. The number of nitrogens with zero attached hydrogens (tertiary/aromatic N) is 2. The number of β-lactam (4-membered cyclic amide) rings is 1. The highest BCUT2D eigenvalue weighted by Gasteiger charge is 2.58. The Labute approximate surface area is 198 Å². The van der Waals surface area contributed by atoms with Crippen LogP contribution in [-0.4, -0.2) is 41.0 Å². The van der Waals surface area contributed by atoms with Crippen LogP contribution in [0.25, 0.3) is 0 Å². The second-order valence-electron chi connectivity index (χ2n) is 8.39. The number of carbonyl (C=O) groups is 2. The van der Waals surface area contributed by atoms with Gasteiger partial charge in [-0.3, -0.25) is 9.69 Å². The molecule has 0 radical (unpaired) electrons. The van der Waals surface area contributed by atoms with Crippen LogP contribution < -0.4 is 0 Å². The number of amides is 1. The standard InChI is InChI=1S/C28H24N2O4/c1-18(2)23(30-26(31)22-27(30)34-25(29-22)21-16-10-5-11-17-21)28(32)33-24(19-12-6-3-7-13-19)20-14-8-4-9-15-20/h3-17,22-24,27H,1H2,2H3/t22-,23+,27-/m0/s1. The van der Waals surface area contributed by atoms with Crippen LogP contribution in [0, 0.1) is 0 Å². The zero-order chi connectivity index (χ0) is 23.7. The quantitative estimate of drug-likeness (QED) is 0.305. The number of esters is 1. The van der Waals surface area contributed by atoms with Gasteiger partial charge in [0.25, 0.3) is 5.91 Å². The fraction of sp³-hybridized carbons (Fsp3) is 0.179. The van der Waals surface area contributed by atoms with Crippen LogP contribution >= 0.6 is 0 Å². The van der Waals surface area contributed by atoms with E-state index in [-0.39, 0.29) is 5.91 Å². The highest BCUT2D eigenvalue weighted by Crippen LogP contribution is 2.36. The minimum absolute atomic E-state index is 0.281. The molecule has 0 aliphatic carbocycles. The first-order valence-corrected chi connectivity index (χ1v) is 11.1. The molecule has 170 valence electrons.